The normalized spacial score (nSPS) is 27.9. The molecule has 0 aromatic heterocycles. The van der Waals surface area contributed by atoms with Crippen LogP contribution in [-0.4, -0.2) is 82.0 Å². The third-order valence-corrected chi connectivity index (χ3v) is 8.18. The van der Waals surface area contributed by atoms with Crippen LogP contribution < -0.4 is 9.61 Å². The first-order valence-electron chi connectivity index (χ1n) is 11.7. The second kappa shape index (κ2) is 12.4. The first-order valence-corrected chi connectivity index (χ1v) is 14.3. The van der Waals surface area contributed by atoms with Gasteiger partial charge in [0.1, 0.15) is 24.0 Å². The van der Waals surface area contributed by atoms with Crippen molar-refractivity contribution in [3.63, 3.8) is 0 Å². The maximum Gasteiger partial charge on any atom is 0.323 e. The average molecular weight is 597 g/mol. The minimum atomic E-state index is -3.88. The molecular weight excluding hydrogens is 568 g/mol. The lowest BCUT2D eigenvalue weighted by atomic mass is 9.96. The molecule has 39 heavy (non-hydrogen) atoms. The Kier molecular flexibility index (Phi) is 9.92. The van der Waals surface area contributed by atoms with Crippen molar-refractivity contribution in [1.29, 1.82) is 0 Å². The molecule has 1 fully saturated rings. The van der Waals surface area contributed by atoms with E-state index in [1.54, 1.807) is 32.0 Å². The number of hydrogen-bond acceptors (Lipinski definition) is 10. The molecule has 16 heteroatoms. The number of amides is 1. The molecule has 0 saturated carbocycles. The zero-order valence-electron chi connectivity index (χ0n) is 21.0. The number of allylic oxidation sites excluding steroid dienone is 1. The molecule has 3 N–H and O–H groups in total. The zero-order valence-corrected chi connectivity index (χ0v) is 22.7. The summed E-state index contributed by atoms with van der Waals surface area (Å²) >= 11 is 5.48. The molecule has 2 aliphatic heterocycles. The van der Waals surface area contributed by atoms with Crippen LogP contribution in [0.3, 0.4) is 0 Å². The summed E-state index contributed by atoms with van der Waals surface area (Å²) in [5.74, 6) is -4.10. The van der Waals surface area contributed by atoms with Crippen molar-refractivity contribution >= 4 is 36.1 Å². The van der Waals surface area contributed by atoms with E-state index >= 15 is 0 Å². The third-order valence-electron chi connectivity index (χ3n) is 5.70. The van der Waals surface area contributed by atoms with Gasteiger partial charge in [-0.1, -0.05) is 18.2 Å². The van der Waals surface area contributed by atoms with Crippen LogP contribution in [0, 0.1) is 0 Å². The van der Waals surface area contributed by atoms with Crippen LogP contribution in [0.15, 0.2) is 42.4 Å². The monoisotopic (exact) mass is 596 g/mol. The highest BCUT2D eigenvalue weighted by Crippen LogP contribution is 2.48. The fraction of sp³-hybridized carbons (Fsp3) is 0.522. The van der Waals surface area contributed by atoms with Gasteiger partial charge >= 0.3 is 12.6 Å². The quantitative estimate of drug-likeness (QED) is 0.196. The lowest BCUT2D eigenvalue weighted by Gasteiger charge is -2.35. The second-order valence-corrected chi connectivity index (χ2v) is 12.2. The van der Waals surface area contributed by atoms with Gasteiger partial charge in [-0.05, 0) is 44.7 Å². The van der Waals surface area contributed by atoms with Gasteiger partial charge in [-0.15, -0.1) is 0 Å². The molecule has 0 bridgehead atoms. The van der Waals surface area contributed by atoms with Crippen LogP contribution in [0.4, 0.5) is 13.2 Å². The molecule has 1 unspecified atom stereocenters. The standard InChI is InChI=1S/C23H28F3N2O9PS/c1-12(2)35-21(33)13(3)27-38(39,37-14-7-5-4-6-8-14)34-11-23(22(25)26)19(32)18(31)20(36-23)28-10-15(24)16(29)9-17(28)30/h4-8,10,12-13,18-20,22,31-32H,9,11H2,1-3H3,(H,27,39)/t13-,18+,19+,20+,23+,38?/m0/s1. The summed E-state index contributed by atoms with van der Waals surface area (Å²) in [5.41, 5.74) is -2.97. The number of aliphatic hydroxyl groups is 2. The van der Waals surface area contributed by atoms with Crippen molar-refractivity contribution in [2.24, 2.45) is 0 Å². The number of benzene rings is 1. The summed E-state index contributed by atoms with van der Waals surface area (Å²) in [6, 6.07) is 6.76. The van der Waals surface area contributed by atoms with Gasteiger partial charge in [-0.25, -0.2) is 18.3 Å². The number of hydrogen-bond donors (Lipinski definition) is 3. The van der Waals surface area contributed by atoms with Gasteiger partial charge in [0.25, 0.3) is 6.43 Å². The number of esters is 1. The van der Waals surface area contributed by atoms with Gasteiger partial charge in [0.2, 0.25) is 11.7 Å². The summed E-state index contributed by atoms with van der Waals surface area (Å²) in [7, 11) is 0. The average Bonchev–Trinajstić information content (AvgIpc) is 3.11. The molecule has 11 nitrogen and oxygen atoms in total. The van der Waals surface area contributed by atoms with Crippen molar-refractivity contribution in [3.8, 4) is 5.75 Å². The van der Waals surface area contributed by atoms with Gasteiger partial charge in [-0.3, -0.25) is 19.3 Å². The number of ether oxygens (including phenoxy) is 2. The van der Waals surface area contributed by atoms with Crippen molar-refractivity contribution < 1.29 is 56.3 Å². The Morgan fingerprint density at radius 2 is 1.90 bits per heavy atom. The molecule has 1 amide bonds. The summed E-state index contributed by atoms with van der Waals surface area (Å²) in [5, 5.41) is 23.8. The van der Waals surface area contributed by atoms with Gasteiger partial charge in [0, 0.05) is 6.20 Å². The minimum Gasteiger partial charge on any atom is -0.462 e. The maximum atomic E-state index is 14.5. The number of Topliss-reactive ketones (excluding diaryl/α,β-unsaturated/α-hetero) is 1. The van der Waals surface area contributed by atoms with E-state index in [1.165, 1.54) is 19.1 Å². The number of carbonyl (C=O) groups excluding carboxylic acids is 3. The van der Waals surface area contributed by atoms with Crippen molar-refractivity contribution in [3.05, 3.63) is 42.4 Å². The summed E-state index contributed by atoms with van der Waals surface area (Å²) in [6.45, 7) is -0.438. The number of halogens is 3. The molecule has 0 spiro atoms. The molecule has 2 aliphatic rings. The third kappa shape index (κ3) is 7.04. The first-order chi connectivity index (χ1) is 18.2. The predicted octanol–water partition coefficient (Wildman–Crippen LogP) is 1.93. The molecule has 0 radical (unpaired) electrons. The number of alkyl halides is 2. The van der Waals surface area contributed by atoms with E-state index in [9.17, 15) is 37.8 Å². The summed E-state index contributed by atoms with van der Waals surface area (Å²) < 4.78 is 64.5. The molecule has 1 aromatic rings. The Balaban J connectivity index is 1.88. The van der Waals surface area contributed by atoms with Crippen LogP contribution >= 0.6 is 6.64 Å². The van der Waals surface area contributed by atoms with Crippen LogP contribution in [-0.2, 0) is 40.2 Å². The smallest absolute Gasteiger partial charge is 0.323 e. The molecule has 216 valence electrons. The van der Waals surface area contributed by atoms with Gasteiger partial charge in [0.15, 0.2) is 17.7 Å². The van der Waals surface area contributed by atoms with E-state index in [2.05, 4.69) is 5.09 Å². The Hall–Kier alpha value is -2.39. The van der Waals surface area contributed by atoms with E-state index in [1.807, 2.05) is 0 Å². The first kappa shape index (κ1) is 31.1. The Bertz CT molecular complexity index is 1160. The number of para-hydroxylation sites is 1. The highest BCUT2D eigenvalue weighted by molar-refractivity contribution is 8.09. The van der Waals surface area contributed by atoms with Crippen LogP contribution in [0.25, 0.3) is 0 Å². The molecule has 2 heterocycles. The topological polar surface area (TPSA) is 144 Å². The number of aliphatic hydroxyl groups excluding tert-OH is 2. The minimum absolute atomic E-state index is 0.166. The summed E-state index contributed by atoms with van der Waals surface area (Å²) in [6.07, 6.45) is -11.0. The number of rotatable bonds is 11. The maximum absolute atomic E-state index is 14.5. The van der Waals surface area contributed by atoms with Gasteiger partial charge in [-0.2, -0.15) is 0 Å². The van der Waals surface area contributed by atoms with Crippen LogP contribution in [0.5, 0.6) is 5.75 Å². The molecule has 6 atom stereocenters. The van der Waals surface area contributed by atoms with E-state index < -0.39 is 85.8 Å². The van der Waals surface area contributed by atoms with Crippen LogP contribution in [0.2, 0.25) is 0 Å². The Labute approximate surface area is 227 Å². The van der Waals surface area contributed by atoms with Crippen LogP contribution in [0.1, 0.15) is 27.2 Å². The molecule has 1 saturated heterocycles. The lowest BCUT2D eigenvalue weighted by Crippen LogP contribution is -2.53. The molecule has 3 rings (SSSR count). The fourth-order valence-electron chi connectivity index (χ4n) is 3.71. The van der Waals surface area contributed by atoms with E-state index in [0.29, 0.717) is 11.1 Å². The largest absolute Gasteiger partial charge is 0.462 e. The van der Waals surface area contributed by atoms with Gasteiger partial charge in [0.05, 0.1) is 19.1 Å². The van der Waals surface area contributed by atoms with Crippen molar-refractivity contribution in [2.75, 3.05) is 6.61 Å². The number of nitrogens with one attached hydrogen (secondary N) is 1. The molecule has 0 aliphatic carbocycles. The van der Waals surface area contributed by atoms with Gasteiger partial charge < -0.3 is 28.7 Å². The Morgan fingerprint density at radius 3 is 2.49 bits per heavy atom. The molecule has 1 aromatic carbocycles. The van der Waals surface area contributed by atoms with E-state index in [0.717, 1.165) is 0 Å². The van der Waals surface area contributed by atoms with Crippen molar-refractivity contribution in [2.45, 2.75) is 69.8 Å². The highest BCUT2D eigenvalue weighted by Gasteiger charge is 2.62. The number of ketones is 1. The number of carbonyl (C=O) groups is 3. The fourth-order valence-corrected chi connectivity index (χ4v) is 6.13. The van der Waals surface area contributed by atoms with Crippen molar-refractivity contribution in [1.82, 2.24) is 9.99 Å². The van der Waals surface area contributed by atoms with E-state index in [4.69, 9.17) is 30.3 Å². The highest BCUT2D eigenvalue weighted by atomic mass is 32.5. The van der Waals surface area contributed by atoms with E-state index in [-0.39, 0.29) is 5.75 Å². The summed E-state index contributed by atoms with van der Waals surface area (Å²) in [4.78, 5) is 36.5. The second-order valence-electron chi connectivity index (χ2n) is 9.09. The predicted molar refractivity (Wildman–Crippen MR) is 132 cm³/mol. The number of nitrogens with zero attached hydrogens (tertiary/aromatic N) is 1. The lowest BCUT2D eigenvalue weighted by molar-refractivity contribution is -0.199. The molecular formula is C23H28F3N2O9PS. The Morgan fingerprint density at radius 1 is 1.26 bits per heavy atom. The SMILES string of the molecule is CC(C)OC(=O)[C@H](C)NP(=S)(OC[C@@]1(C(F)F)O[C@@H](N2C=C(F)C(=O)CC2=O)[C@H](O)[C@H]1O)Oc1ccccc1. The zero-order chi connectivity index (χ0) is 29.1.